The minimum absolute atomic E-state index is 0.0892. The van der Waals surface area contributed by atoms with Crippen LogP contribution < -0.4 is 15.4 Å². The normalized spacial score (nSPS) is 10.2. The smallest absolute Gasteiger partial charge is 0.238 e. The van der Waals surface area contributed by atoms with Crippen LogP contribution in [0.1, 0.15) is 5.56 Å². The summed E-state index contributed by atoms with van der Waals surface area (Å²) in [6.45, 7) is 0.851. The molecule has 0 fully saturated rings. The van der Waals surface area contributed by atoms with Gasteiger partial charge in [-0.15, -0.1) is 0 Å². The van der Waals surface area contributed by atoms with Crippen molar-refractivity contribution in [3.8, 4) is 5.75 Å². The molecule has 2 N–H and O–H groups in total. The molecule has 5 nitrogen and oxygen atoms in total. The SMILES string of the molecule is COc1ccc(NC(=O)CNCc2ccoc2)cc1. The summed E-state index contributed by atoms with van der Waals surface area (Å²) >= 11 is 0. The number of nitrogens with one attached hydrogen (secondary N) is 2. The van der Waals surface area contributed by atoms with E-state index < -0.39 is 0 Å². The molecule has 0 aliphatic carbocycles. The van der Waals surface area contributed by atoms with Crippen LogP contribution in [-0.4, -0.2) is 19.6 Å². The second-order valence-corrected chi connectivity index (χ2v) is 4.01. The van der Waals surface area contributed by atoms with Gasteiger partial charge < -0.3 is 19.8 Å². The molecule has 0 atom stereocenters. The van der Waals surface area contributed by atoms with Gasteiger partial charge in [0, 0.05) is 17.8 Å². The first kappa shape index (κ1) is 13.2. The minimum atomic E-state index is -0.0892. The van der Waals surface area contributed by atoms with Gasteiger partial charge in [0.2, 0.25) is 5.91 Å². The minimum Gasteiger partial charge on any atom is -0.497 e. The summed E-state index contributed by atoms with van der Waals surface area (Å²) in [4.78, 5) is 11.7. The largest absolute Gasteiger partial charge is 0.497 e. The zero-order valence-electron chi connectivity index (χ0n) is 10.7. The predicted octanol–water partition coefficient (Wildman–Crippen LogP) is 2.02. The van der Waals surface area contributed by atoms with Crippen molar-refractivity contribution in [2.45, 2.75) is 6.54 Å². The maximum atomic E-state index is 11.7. The standard InChI is InChI=1S/C14H16N2O3/c1-18-13-4-2-12(3-5-13)16-14(17)9-15-8-11-6-7-19-10-11/h2-7,10,15H,8-9H2,1H3,(H,16,17). The van der Waals surface area contributed by atoms with Crippen LogP contribution >= 0.6 is 0 Å². The number of hydrogen-bond donors (Lipinski definition) is 2. The highest BCUT2D eigenvalue weighted by atomic mass is 16.5. The summed E-state index contributed by atoms with van der Waals surface area (Å²) in [5.74, 6) is 0.671. The third kappa shape index (κ3) is 4.15. The van der Waals surface area contributed by atoms with Gasteiger partial charge in [-0.05, 0) is 30.3 Å². The fourth-order valence-corrected chi connectivity index (χ4v) is 1.59. The van der Waals surface area contributed by atoms with Crippen LogP contribution in [0.15, 0.2) is 47.3 Å². The number of methoxy groups -OCH3 is 1. The summed E-state index contributed by atoms with van der Waals surface area (Å²) in [6.07, 6.45) is 3.25. The lowest BCUT2D eigenvalue weighted by Crippen LogP contribution is -2.27. The van der Waals surface area contributed by atoms with Crippen molar-refractivity contribution in [3.05, 3.63) is 48.4 Å². The predicted molar refractivity (Wildman–Crippen MR) is 72.0 cm³/mol. The first-order valence-corrected chi connectivity index (χ1v) is 5.93. The molecule has 5 heteroatoms. The third-order valence-corrected chi connectivity index (χ3v) is 2.57. The topological polar surface area (TPSA) is 63.5 Å². The first-order chi connectivity index (χ1) is 9.28. The van der Waals surface area contributed by atoms with Crippen LogP contribution in [0.3, 0.4) is 0 Å². The van der Waals surface area contributed by atoms with Gasteiger partial charge in [-0.25, -0.2) is 0 Å². The highest BCUT2D eigenvalue weighted by Gasteiger charge is 2.02. The fourth-order valence-electron chi connectivity index (χ4n) is 1.59. The van der Waals surface area contributed by atoms with Gasteiger partial charge in [0.1, 0.15) is 5.75 Å². The summed E-state index contributed by atoms with van der Waals surface area (Å²) in [7, 11) is 1.60. The zero-order chi connectivity index (χ0) is 13.5. The van der Waals surface area contributed by atoms with E-state index in [2.05, 4.69) is 10.6 Å². The van der Waals surface area contributed by atoms with Crippen molar-refractivity contribution in [1.82, 2.24) is 5.32 Å². The molecule has 100 valence electrons. The van der Waals surface area contributed by atoms with Crippen LogP contribution in [0.25, 0.3) is 0 Å². The highest BCUT2D eigenvalue weighted by molar-refractivity contribution is 5.92. The molecule has 0 aliphatic heterocycles. The molecular weight excluding hydrogens is 244 g/mol. The lowest BCUT2D eigenvalue weighted by atomic mass is 10.3. The molecule has 1 aromatic heterocycles. The molecule has 0 saturated heterocycles. The Hall–Kier alpha value is -2.27. The number of benzene rings is 1. The van der Waals surface area contributed by atoms with Crippen molar-refractivity contribution < 1.29 is 13.9 Å². The molecule has 1 heterocycles. The fraction of sp³-hybridized carbons (Fsp3) is 0.214. The van der Waals surface area contributed by atoms with Crippen LogP contribution in [0.2, 0.25) is 0 Å². The molecule has 0 bridgehead atoms. The lowest BCUT2D eigenvalue weighted by Gasteiger charge is -2.07. The number of carbonyl (C=O) groups is 1. The maximum Gasteiger partial charge on any atom is 0.238 e. The molecule has 2 rings (SSSR count). The first-order valence-electron chi connectivity index (χ1n) is 5.93. The summed E-state index contributed by atoms with van der Waals surface area (Å²) in [6, 6.07) is 9.05. The van der Waals surface area contributed by atoms with Crippen LogP contribution in [0.4, 0.5) is 5.69 Å². The molecule has 0 unspecified atom stereocenters. The molecule has 2 aromatic rings. The summed E-state index contributed by atoms with van der Waals surface area (Å²) in [5.41, 5.74) is 1.76. The number of ether oxygens (including phenoxy) is 1. The second-order valence-electron chi connectivity index (χ2n) is 4.01. The van der Waals surface area contributed by atoms with E-state index in [9.17, 15) is 4.79 Å². The molecule has 1 aromatic carbocycles. The molecular formula is C14H16N2O3. The zero-order valence-corrected chi connectivity index (χ0v) is 10.7. The van der Waals surface area contributed by atoms with E-state index >= 15 is 0 Å². The van der Waals surface area contributed by atoms with Crippen molar-refractivity contribution in [3.63, 3.8) is 0 Å². The molecule has 1 amide bonds. The van der Waals surface area contributed by atoms with Gasteiger partial charge in [-0.2, -0.15) is 0 Å². The van der Waals surface area contributed by atoms with Crippen molar-refractivity contribution in [1.29, 1.82) is 0 Å². The maximum absolute atomic E-state index is 11.7. The third-order valence-electron chi connectivity index (χ3n) is 2.57. The Labute approximate surface area is 111 Å². The second kappa shape index (κ2) is 6.61. The molecule has 0 saturated carbocycles. The van der Waals surface area contributed by atoms with E-state index in [4.69, 9.17) is 9.15 Å². The Morgan fingerprint density at radius 2 is 2.05 bits per heavy atom. The van der Waals surface area contributed by atoms with E-state index in [0.717, 1.165) is 17.0 Å². The van der Waals surface area contributed by atoms with E-state index in [1.807, 2.05) is 6.07 Å². The van der Waals surface area contributed by atoms with Crippen LogP contribution in [0.5, 0.6) is 5.75 Å². The number of anilines is 1. The monoisotopic (exact) mass is 260 g/mol. The van der Waals surface area contributed by atoms with E-state index in [1.165, 1.54) is 0 Å². The molecule has 0 spiro atoms. The Morgan fingerprint density at radius 1 is 1.26 bits per heavy atom. The number of carbonyl (C=O) groups excluding carboxylic acids is 1. The van der Waals surface area contributed by atoms with Crippen molar-refractivity contribution in [2.75, 3.05) is 19.0 Å². The lowest BCUT2D eigenvalue weighted by molar-refractivity contribution is -0.115. The van der Waals surface area contributed by atoms with Gasteiger partial charge in [0.05, 0.1) is 26.2 Å². The Morgan fingerprint density at radius 3 is 2.68 bits per heavy atom. The summed E-state index contributed by atoms with van der Waals surface area (Å²) < 4.78 is 9.98. The number of hydrogen-bond acceptors (Lipinski definition) is 4. The van der Waals surface area contributed by atoms with Gasteiger partial charge in [-0.1, -0.05) is 0 Å². The Balaban J connectivity index is 1.74. The average Bonchev–Trinajstić information content (AvgIpc) is 2.93. The van der Waals surface area contributed by atoms with Gasteiger partial charge in [0.15, 0.2) is 0 Å². The Kier molecular flexibility index (Phi) is 4.58. The molecule has 0 radical (unpaired) electrons. The van der Waals surface area contributed by atoms with Gasteiger partial charge in [0.25, 0.3) is 0 Å². The van der Waals surface area contributed by atoms with Crippen molar-refractivity contribution >= 4 is 11.6 Å². The van der Waals surface area contributed by atoms with Gasteiger partial charge >= 0.3 is 0 Å². The molecule has 19 heavy (non-hydrogen) atoms. The summed E-state index contributed by atoms with van der Waals surface area (Å²) in [5, 5.41) is 5.83. The average molecular weight is 260 g/mol. The van der Waals surface area contributed by atoms with E-state index in [-0.39, 0.29) is 12.5 Å². The Bertz CT molecular complexity index is 506. The number of amides is 1. The van der Waals surface area contributed by atoms with Crippen LogP contribution in [0, 0.1) is 0 Å². The van der Waals surface area contributed by atoms with Crippen LogP contribution in [-0.2, 0) is 11.3 Å². The quantitative estimate of drug-likeness (QED) is 0.834. The number of rotatable bonds is 6. The van der Waals surface area contributed by atoms with Crippen molar-refractivity contribution in [2.24, 2.45) is 0 Å². The van der Waals surface area contributed by atoms with E-state index in [0.29, 0.717) is 6.54 Å². The number of furan rings is 1. The highest BCUT2D eigenvalue weighted by Crippen LogP contribution is 2.14. The van der Waals surface area contributed by atoms with Gasteiger partial charge in [-0.3, -0.25) is 4.79 Å². The van der Waals surface area contributed by atoms with E-state index in [1.54, 1.807) is 43.9 Å². The molecule has 0 aliphatic rings.